The summed E-state index contributed by atoms with van der Waals surface area (Å²) in [5.41, 5.74) is 1.79. The molecule has 0 bridgehead atoms. The molecule has 1 N–H and O–H groups in total. The average Bonchev–Trinajstić information content (AvgIpc) is 3.13. The van der Waals surface area contributed by atoms with Crippen LogP contribution >= 0.6 is 11.6 Å². The van der Waals surface area contributed by atoms with Gasteiger partial charge in [-0.1, -0.05) is 85.5 Å². The van der Waals surface area contributed by atoms with Gasteiger partial charge >= 0.3 is 0 Å². The van der Waals surface area contributed by atoms with E-state index in [1.165, 1.54) is 29.2 Å². The van der Waals surface area contributed by atoms with Crippen molar-refractivity contribution in [2.75, 3.05) is 24.6 Å². The van der Waals surface area contributed by atoms with Gasteiger partial charge in [-0.25, -0.2) is 8.42 Å². The Bertz CT molecular complexity index is 1830. The predicted molar refractivity (Wildman–Crippen MR) is 196 cm³/mol. The van der Waals surface area contributed by atoms with E-state index < -0.39 is 28.5 Å². The summed E-state index contributed by atoms with van der Waals surface area (Å²) in [6, 6.07) is 28.4. The highest BCUT2D eigenvalue weighted by Gasteiger charge is 2.36. The molecular weight excluding hydrogens is 674 g/mol. The number of benzene rings is 4. The minimum Gasteiger partial charge on any atom is -0.497 e. The van der Waals surface area contributed by atoms with Crippen molar-refractivity contribution in [1.29, 1.82) is 0 Å². The number of carbonyl (C=O) groups is 2. The fourth-order valence-electron chi connectivity index (χ4n) is 6.25. The second-order valence-electron chi connectivity index (χ2n) is 12.3. The lowest BCUT2D eigenvalue weighted by atomic mass is 9.94. The number of methoxy groups -OCH3 is 1. The Morgan fingerprint density at radius 2 is 1.56 bits per heavy atom. The van der Waals surface area contributed by atoms with Crippen LogP contribution in [-0.4, -0.2) is 57.5 Å². The highest BCUT2D eigenvalue weighted by Crippen LogP contribution is 2.33. The summed E-state index contributed by atoms with van der Waals surface area (Å²) in [7, 11) is -2.76. The number of para-hydroxylation sites is 2. The minimum absolute atomic E-state index is 0.00291. The highest BCUT2D eigenvalue weighted by molar-refractivity contribution is 7.92. The van der Waals surface area contributed by atoms with Gasteiger partial charge < -0.3 is 19.7 Å². The van der Waals surface area contributed by atoms with Gasteiger partial charge in [-0.2, -0.15) is 0 Å². The molecule has 4 aromatic carbocycles. The zero-order valence-corrected chi connectivity index (χ0v) is 30.0. The summed E-state index contributed by atoms with van der Waals surface area (Å²) in [5.74, 6) is 0.0597. The zero-order chi connectivity index (χ0) is 35.5. The average molecular weight is 718 g/mol. The first-order valence-electron chi connectivity index (χ1n) is 17.0. The van der Waals surface area contributed by atoms with Crippen LogP contribution in [0.3, 0.4) is 0 Å². The molecule has 264 valence electrons. The molecule has 9 nitrogen and oxygen atoms in total. The summed E-state index contributed by atoms with van der Waals surface area (Å²) in [6.45, 7) is 1.52. The summed E-state index contributed by atoms with van der Waals surface area (Å²) in [6.07, 6.45) is 5.15. The van der Waals surface area contributed by atoms with Crippen LogP contribution in [0.5, 0.6) is 11.5 Å². The van der Waals surface area contributed by atoms with Crippen LogP contribution < -0.4 is 19.1 Å². The van der Waals surface area contributed by atoms with Gasteiger partial charge in [-0.05, 0) is 79.4 Å². The molecule has 1 fully saturated rings. The molecule has 0 radical (unpaired) electrons. The monoisotopic (exact) mass is 717 g/mol. The molecule has 0 heterocycles. The van der Waals surface area contributed by atoms with Gasteiger partial charge in [-0.15, -0.1) is 0 Å². The van der Waals surface area contributed by atoms with Gasteiger partial charge in [-0.3, -0.25) is 13.9 Å². The van der Waals surface area contributed by atoms with Crippen LogP contribution in [0.1, 0.15) is 50.2 Å². The molecule has 1 saturated carbocycles. The maximum Gasteiger partial charge on any atom is 0.264 e. The Labute approximate surface area is 300 Å². The van der Waals surface area contributed by atoms with Crippen molar-refractivity contribution in [2.45, 2.75) is 69.0 Å². The van der Waals surface area contributed by atoms with Gasteiger partial charge in [0.2, 0.25) is 11.8 Å². The number of ether oxygens (including phenoxy) is 2. The van der Waals surface area contributed by atoms with Crippen molar-refractivity contribution in [2.24, 2.45) is 0 Å². The Kier molecular flexibility index (Phi) is 12.8. The smallest absolute Gasteiger partial charge is 0.264 e. The Morgan fingerprint density at radius 3 is 2.26 bits per heavy atom. The molecule has 11 heteroatoms. The third-order valence-corrected chi connectivity index (χ3v) is 10.8. The summed E-state index contributed by atoms with van der Waals surface area (Å²) >= 11 is 6.11. The van der Waals surface area contributed by atoms with Crippen molar-refractivity contribution in [3.05, 3.63) is 119 Å². The van der Waals surface area contributed by atoms with Crippen LogP contribution in [0, 0.1) is 0 Å². The predicted octanol–water partition coefficient (Wildman–Crippen LogP) is 7.03. The minimum atomic E-state index is -4.32. The number of sulfonamides is 1. The second-order valence-corrected chi connectivity index (χ2v) is 14.6. The zero-order valence-electron chi connectivity index (χ0n) is 28.5. The summed E-state index contributed by atoms with van der Waals surface area (Å²) in [4.78, 5) is 30.6. The maximum absolute atomic E-state index is 14.9. The van der Waals surface area contributed by atoms with Crippen molar-refractivity contribution in [1.82, 2.24) is 10.2 Å². The summed E-state index contributed by atoms with van der Waals surface area (Å²) in [5, 5.41) is 3.61. The number of carbonyl (C=O) groups excluding carboxylic acids is 2. The topological polar surface area (TPSA) is 105 Å². The van der Waals surface area contributed by atoms with Gasteiger partial charge in [0.15, 0.2) is 0 Å². The third kappa shape index (κ3) is 9.37. The molecule has 2 amide bonds. The number of nitrogens with one attached hydrogen (secondary N) is 1. The lowest BCUT2D eigenvalue weighted by molar-refractivity contribution is -0.140. The molecule has 5 rings (SSSR count). The van der Waals surface area contributed by atoms with Crippen LogP contribution in [0.15, 0.2) is 108 Å². The van der Waals surface area contributed by atoms with E-state index in [0.717, 1.165) is 47.5 Å². The van der Waals surface area contributed by atoms with Gasteiger partial charge in [0.1, 0.15) is 24.1 Å². The molecular formula is C39H44ClN3O6S. The largest absolute Gasteiger partial charge is 0.497 e. The fourth-order valence-corrected chi connectivity index (χ4v) is 7.80. The number of anilines is 1. The van der Waals surface area contributed by atoms with Crippen molar-refractivity contribution >= 4 is 39.1 Å². The number of amides is 2. The molecule has 4 aromatic rings. The number of rotatable bonds is 15. The van der Waals surface area contributed by atoms with Crippen molar-refractivity contribution in [3.63, 3.8) is 0 Å². The van der Waals surface area contributed by atoms with Gasteiger partial charge in [0, 0.05) is 24.0 Å². The van der Waals surface area contributed by atoms with Crippen molar-refractivity contribution in [3.8, 4) is 11.5 Å². The number of hydrogen-bond acceptors (Lipinski definition) is 6. The van der Waals surface area contributed by atoms with E-state index in [0.29, 0.717) is 16.5 Å². The second kappa shape index (κ2) is 17.4. The Hall–Kier alpha value is -4.54. The number of halogens is 1. The first-order valence-corrected chi connectivity index (χ1v) is 18.8. The lowest BCUT2D eigenvalue weighted by Gasteiger charge is -2.35. The molecule has 0 saturated heterocycles. The van der Waals surface area contributed by atoms with Crippen LogP contribution in [0.25, 0.3) is 0 Å². The highest BCUT2D eigenvalue weighted by atomic mass is 35.5. The maximum atomic E-state index is 14.9. The Morgan fingerprint density at radius 1 is 0.880 bits per heavy atom. The first kappa shape index (κ1) is 36.7. The van der Waals surface area contributed by atoms with Crippen LogP contribution in [-0.2, 0) is 32.6 Å². The number of hydrogen-bond donors (Lipinski definition) is 1. The van der Waals surface area contributed by atoms with E-state index in [9.17, 15) is 18.0 Å². The number of nitrogens with zero attached hydrogens (tertiary/aromatic N) is 2. The first-order chi connectivity index (χ1) is 24.2. The van der Waals surface area contributed by atoms with Gasteiger partial charge in [0.05, 0.1) is 24.3 Å². The molecule has 1 aliphatic carbocycles. The third-order valence-electron chi connectivity index (χ3n) is 8.82. The fraction of sp³-hybridized carbons (Fsp3) is 0.333. The van der Waals surface area contributed by atoms with E-state index in [4.69, 9.17) is 21.1 Å². The van der Waals surface area contributed by atoms with Gasteiger partial charge in [0.25, 0.3) is 10.0 Å². The normalized spacial score (nSPS) is 14.0. The molecule has 0 spiro atoms. The van der Waals surface area contributed by atoms with Crippen molar-refractivity contribution < 1.29 is 27.5 Å². The van der Waals surface area contributed by atoms with E-state index in [1.54, 1.807) is 44.4 Å². The molecule has 50 heavy (non-hydrogen) atoms. The van der Waals surface area contributed by atoms with E-state index >= 15 is 0 Å². The molecule has 1 atom stereocenters. The molecule has 0 unspecified atom stereocenters. The Balaban J connectivity index is 1.60. The molecule has 0 aliphatic heterocycles. The van der Waals surface area contributed by atoms with E-state index in [-0.39, 0.29) is 42.1 Å². The SMILES string of the molecule is CCOc1ccccc1N(CC(=O)N(Cc1cccc(OC)c1)[C@@H](Cc1ccccc1)C(=O)NC1CCCCC1)S(=O)(=O)c1ccc(Cl)cc1. The van der Waals surface area contributed by atoms with E-state index in [1.807, 2.05) is 48.5 Å². The summed E-state index contributed by atoms with van der Waals surface area (Å²) < 4.78 is 41.2. The molecule has 0 aromatic heterocycles. The lowest BCUT2D eigenvalue weighted by Crippen LogP contribution is -2.55. The van der Waals surface area contributed by atoms with E-state index in [2.05, 4.69) is 5.32 Å². The quantitative estimate of drug-likeness (QED) is 0.142. The van der Waals surface area contributed by atoms with Crippen LogP contribution in [0.2, 0.25) is 5.02 Å². The molecule has 1 aliphatic rings. The standard InChI is InChI=1S/C39H44ClN3O6S/c1-3-49-37-20-11-10-19-35(37)43(50(46,47)34-23-21-31(40)22-24-34)28-38(44)42(27-30-15-12-18-33(25-30)48-2)36(26-29-13-6-4-7-14-29)39(45)41-32-16-8-5-9-17-32/h4,6-7,10-15,18-25,32,36H,3,5,8-9,16-17,26-28H2,1-2H3,(H,41,45)/t36-/m0/s1. The van der Waals surface area contributed by atoms with Crippen LogP contribution in [0.4, 0.5) is 5.69 Å².